The van der Waals surface area contributed by atoms with Gasteiger partial charge in [0.05, 0.1) is 18.2 Å². The van der Waals surface area contributed by atoms with Crippen molar-refractivity contribution in [3.63, 3.8) is 0 Å². The number of hydrogen-bond acceptors (Lipinski definition) is 4. The Kier molecular flexibility index (Phi) is 5.66. The van der Waals surface area contributed by atoms with E-state index in [-0.39, 0.29) is 11.5 Å². The number of sulfone groups is 1. The third kappa shape index (κ3) is 5.19. The molecule has 0 aliphatic heterocycles. The summed E-state index contributed by atoms with van der Waals surface area (Å²) >= 11 is 0. The van der Waals surface area contributed by atoms with Crippen LogP contribution < -0.4 is 5.32 Å². The van der Waals surface area contributed by atoms with Crippen molar-refractivity contribution in [2.45, 2.75) is 19.8 Å². The zero-order chi connectivity index (χ0) is 13.4. The molecule has 0 aromatic heterocycles. The Morgan fingerprint density at radius 1 is 1.28 bits per heavy atom. The van der Waals surface area contributed by atoms with Crippen molar-refractivity contribution in [1.82, 2.24) is 0 Å². The van der Waals surface area contributed by atoms with Gasteiger partial charge in [0.1, 0.15) is 9.84 Å². The first-order chi connectivity index (χ1) is 8.57. The van der Waals surface area contributed by atoms with Crippen LogP contribution in [0.5, 0.6) is 0 Å². The Balaban J connectivity index is 2.34. The molecule has 0 fully saturated rings. The summed E-state index contributed by atoms with van der Waals surface area (Å²) in [6.07, 6.45) is 1.02. The van der Waals surface area contributed by atoms with Crippen molar-refractivity contribution in [3.8, 4) is 6.07 Å². The number of hydrogen-bond donors (Lipinski definition) is 1. The average molecular weight is 266 g/mol. The number of rotatable bonds is 7. The normalized spacial score (nSPS) is 10.9. The highest BCUT2D eigenvalue weighted by Crippen LogP contribution is 2.09. The smallest absolute Gasteiger partial charge is 0.150 e. The first kappa shape index (κ1) is 14.5. The van der Waals surface area contributed by atoms with Gasteiger partial charge in [-0.05, 0) is 24.1 Å². The van der Waals surface area contributed by atoms with Gasteiger partial charge in [-0.15, -0.1) is 0 Å². The summed E-state index contributed by atoms with van der Waals surface area (Å²) in [5, 5.41) is 11.7. The Hall–Kier alpha value is -1.54. The fraction of sp³-hybridized carbons (Fsp3) is 0.462. The molecule has 0 saturated carbocycles. The van der Waals surface area contributed by atoms with Gasteiger partial charge in [0.15, 0.2) is 0 Å². The Morgan fingerprint density at radius 2 is 1.94 bits per heavy atom. The van der Waals surface area contributed by atoms with E-state index in [1.807, 2.05) is 24.3 Å². The van der Waals surface area contributed by atoms with Gasteiger partial charge in [0.25, 0.3) is 0 Å². The lowest BCUT2D eigenvalue weighted by Gasteiger charge is -2.06. The molecule has 5 heteroatoms. The number of anilines is 1. The second kappa shape index (κ2) is 7.02. The predicted octanol–water partition coefficient (Wildman–Crippen LogP) is 1.99. The van der Waals surface area contributed by atoms with Gasteiger partial charge in [-0.2, -0.15) is 5.26 Å². The van der Waals surface area contributed by atoms with Crippen molar-refractivity contribution in [3.05, 3.63) is 29.8 Å². The molecule has 0 bridgehead atoms. The van der Waals surface area contributed by atoms with Crippen LogP contribution in [0.1, 0.15) is 18.9 Å². The Labute approximate surface area is 109 Å². The van der Waals surface area contributed by atoms with E-state index in [9.17, 15) is 8.42 Å². The second-order valence-electron chi connectivity index (χ2n) is 4.05. The summed E-state index contributed by atoms with van der Waals surface area (Å²) in [5.74, 6) is 0.429. The number of nitrogens with zero attached hydrogens (tertiary/aromatic N) is 1. The topological polar surface area (TPSA) is 70.0 Å². The fourth-order valence-electron chi connectivity index (χ4n) is 1.50. The molecule has 1 rings (SSSR count). The largest absolute Gasteiger partial charge is 0.385 e. The van der Waals surface area contributed by atoms with Crippen LogP contribution in [0, 0.1) is 11.3 Å². The van der Waals surface area contributed by atoms with Gasteiger partial charge in [0, 0.05) is 18.0 Å². The van der Waals surface area contributed by atoms with Crippen molar-refractivity contribution in [2.75, 3.05) is 23.4 Å². The monoisotopic (exact) mass is 266 g/mol. The zero-order valence-electron chi connectivity index (χ0n) is 10.5. The summed E-state index contributed by atoms with van der Waals surface area (Å²) in [7, 11) is -2.86. The predicted molar refractivity (Wildman–Crippen MR) is 73.2 cm³/mol. The summed E-state index contributed by atoms with van der Waals surface area (Å²) in [6.45, 7) is 2.30. The van der Waals surface area contributed by atoms with Gasteiger partial charge in [-0.25, -0.2) is 8.42 Å². The van der Waals surface area contributed by atoms with Crippen LogP contribution in [0.15, 0.2) is 24.3 Å². The minimum Gasteiger partial charge on any atom is -0.385 e. The number of benzene rings is 1. The molecule has 1 N–H and O–H groups in total. The van der Waals surface area contributed by atoms with Crippen molar-refractivity contribution in [2.24, 2.45) is 0 Å². The first-order valence-electron chi connectivity index (χ1n) is 5.97. The van der Waals surface area contributed by atoms with E-state index < -0.39 is 9.84 Å². The van der Waals surface area contributed by atoms with E-state index in [0.717, 1.165) is 11.3 Å². The Bertz CT molecular complexity index is 501. The molecule has 0 amide bonds. The van der Waals surface area contributed by atoms with Crippen LogP contribution in [-0.4, -0.2) is 26.5 Å². The molecule has 0 unspecified atom stereocenters. The maximum absolute atomic E-state index is 11.3. The average Bonchev–Trinajstić information content (AvgIpc) is 2.37. The van der Waals surface area contributed by atoms with E-state index >= 15 is 0 Å². The summed E-state index contributed by atoms with van der Waals surface area (Å²) < 4.78 is 22.5. The fourth-order valence-corrected chi connectivity index (χ4v) is 2.37. The molecule has 0 aliphatic carbocycles. The minimum atomic E-state index is -2.86. The molecule has 98 valence electrons. The third-order valence-electron chi connectivity index (χ3n) is 2.64. The maximum atomic E-state index is 11.3. The molecule has 0 atom stereocenters. The maximum Gasteiger partial charge on any atom is 0.150 e. The molecule has 18 heavy (non-hydrogen) atoms. The SMILES string of the molecule is CCS(=O)(=O)CCCNc1ccc(CC#N)cc1. The highest BCUT2D eigenvalue weighted by molar-refractivity contribution is 7.91. The second-order valence-corrected chi connectivity index (χ2v) is 6.52. The molecule has 0 spiro atoms. The van der Waals surface area contributed by atoms with Crippen molar-refractivity contribution >= 4 is 15.5 Å². The van der Waals surface area contributed by atoms with Gasteiger partial charge < -0.3 is 5.32 Å². The van der Waals surface area contributed by atoms with Gasteiger partial charge >= 0.3 is 0 Å². The van der Waals surface area contributed by atoms with Crippen LogP contribution in [0.4, 0.5) is 5.69 Å². The molecule has 1 aromatic carbocycles. The lowest BCUT2D eigenvalue weighted by atomic mass is 10.1. The standard InChI is InChI=1S/C13H18N2O2S/c1-2-18(16,17)11-3-10-15-13-6-4-12(5-7-13)8-9-14/h4-7,15H,2-3,8,10-11H2,1H3. The molecule has 0 heterocycles. The van der Waals surface area contributed by atoms with E-state index in [4.69, 9.17) is 5.26 Å². The molecular weight excluding hydrogens is 248 g/mol. The molecule has 4 nitrogen and oxygen atoms in total. The summed E-state index contributed by atoms with van der Waals surface area (Å²) in [5.41, 5.74) is 1.93. The van der Waals surface area contributed by atoms with E-state index in [2.05, 4.69) is 11.4 Å². The van der Waals surface area contributed by atoms with Gasteiger partial charge in [-0.3, -0.25) is 0 Å². The summed E-state index contributed by atoms with van der Waals surface area (Å²) in [6, 6.07) is 9.69. The molecule has 1 aromatic rings. The zero-order valence-corrected chi connectivity index (χ0v) is 11.3. The molecular formula is C13H18N2O2S. The lowest BCUT2D eigenvalue weighted by molar-refractivity contribution is 0.595. The molecule has 0 saturated heterocycles. The number of nitriles is 1. The molecule has 0 aliphatic rings. The van der Waals surface area contributed by atoms with Crippen molar-refractivity contribution < 1.29 is 8.42 Å². The first-order valence-corrected chi connectivity index (χ1v) is 7.79. The van der Waals surface area contributed by atoms with Crippen LogP contribution in [0.2, 0.25) is 0 Å². The van der Waals surface area contributed by atoms with E-state index in [1.54, 1.807) is 6.92 Å². The van der Waals surface area contributed by atoms with E-state index in [0.29, 0.717) is 19.4 Å². The molecule has 0 radical (unpaired) electrons. The van der Waals surface area contributed by atoms with Gasteiger partial charge in [0.2, 0.25) is 0 Å². The van der Waals surface area contributed by atoms with Gasteiger partial charge in [-0.1, -0.05) is 19.1 Å². The van der Waals surface area contributed by atoms with Crippen LogP contribution in [-0.2, 0) is 16.3 Å². The highest BCUT2D eigenvalue weighted by atomic mass is 32.2. The lowest BCUT2D eigenvalue weighted by Crippen LogP contribution is -2.12. The Morgan fingerprint density at radius 3 is 2.50 bits per heavy atom. The van der Waals surface area contributed by atoms with Crippen molar-refractivity contribution in [1.29, 1.82) is 5.26 Å². The number of nitrogens with one attached hydrogen (secondary N) is 1. The van der Waals surface area contributed by atoms with E-state index in [1.165, 1.54) is 0 Å². The highest BCUT2D eigenvalue weighted by Gasteiger charge is 2.05. The quantitative estimate of drug-likeness (QED) is 0.766. The van der Waals surface area contributed by atoms with Crippen LogP contribution >= 0.6 is 0 Å². The third-order valence-corrected chi connectivity index (χ3v) is 4.43. The van der Waals surface area contributed by atoms with Crippen LogP contribution in [0.25, 0.3) is 0 Å². The van der Waals surface area contributed by atoms with Crippen LogP contribution in [0.3, 0.4) is 0 Å². The summed E-state index contributed by atoms with van der Waals surface area (Å²) in [4.78, 5) is 0. The minimum absolute atomic E-state index is 0.204.